The van der Waals surface area contributed by atoms with Crippen LogP contribution in [-0.4, -0.2) is 15.2 Å². The Morgan fingerprint density at radius 3 is 2.88 bits per heavy atom. The van der Waals surface area contributed by atoms with Crippen LogP contribution in [0.15, 0.2) is 22.7 Å². The molecule has 3 N–H and O–H groups in total. The minimum Gasteiger partial charge on any atom is -0.506 e. The van der Waals surface area contributed by atoms with E-state index in [0.717, 1.165) is 17.8 Å². The highest BCUT2D eigenvalue weighted by Gasteiger charge is 2.38. The standard InChI is InChI=1S/C12H13N3O2/c1-6-4-8(6)11-14-12(17-15-11)7-2-3-10(16)9(13)5-7/h2-3,5-6,8,16H,4,13H2,1H3. The molecule has 0 saturated heterocycles. The minimum absolute atomic E-state index is 0.0595. The third kappa shape index (κ3) is 1.73. The number of phenols is 1. The van der Waals surface area contributed by atoms with Crippen LogP contribution in [-0.2, 0) is 0 Å². The highest BCUT2D eigenvalue weighted by atomic mass is 16.5. The smallest absolute Gasteiger partial charge is 0.258 e. The number of phenolic OH excluding ortho intramolecular Hbond substituents is 1. The quantitative estimate of drug-likeness (QED) is 0.611. The van der Waals surface area contributed by atoms with E-state index in [4.69, 9.17) is 10.3 Å². The fourth-order valence-electron chi connectivity index (χ4n) is 1.87. The van der Waals surface area contributed by atoms with Gasteiger partial charge < -0.3 is 15.4 Å². The lowest BCUT2D eigenvalue weighted by Gasteiger charge is -1.99. The number of rotatable bonds is 2. The highest BCUT2D eigenvalue weighted by Crippen LogP contribution is 2.45. The van der Waals surface area contributed by atoms with Crippen molar-refractivity contribution in [3.63, 3.8) is 0 Å². The van der Waals surface area contributed by atoms with E-state index in [2.05, 4.69) is 17.1 Å². The predicted octanol–water partition coefficient (Wildman–Crippen LogP) is 2.15. The normalized spacial score (nSPS) is 22.6. The SMILES string of the molecule is CC1CC1c1noc(-c2ccc(O)c(N)c2)n1. The summed E-state index contributed by atoms with van der Waals surface area (Å²) in [5, 5.41) is 13.3. The summed E-state index contributed by atoms with van der Waals surface area (Å²) in [6, 6.07) is 4.86. The highest BCUT2D eigenvalue weighted by molar-refractivity contribution is 5.64. The lowest BCUT2D eigenvalue weighted by atomic mass is 10.2. The fraction of sp³-hybridized carbons (Fsp3) is 0.333. The van der Waals surface area contributed by atoms with Crippen molar-refractivity contribution < 1.29 is 9.63 Å². The molecule has 1 heterocycles. The molecule has 1 aliphatic rings. The molecule has 2 aromatic rings. The third-order valence-corrected chi connectivity index (χ3v) is 3.16. The second kappa shape index (κ2) is 3.48. The summed E-state index contributed by atoms with van der Waals surface area (Å²) in [6.07, 6.45) is 1.12. The Morgan fingerprint density at radius 2 is 2.24 bits per heavy atom. The zero-order valence-electron chi connectivity index (χ0n) is 9.42. The van der Waals surface area contributed by atoms with Gasteiger partial charge in [-0.2, -0.15) is 4.98 Å². The Balaban J connectivity index is 1.92. The summed E-state index contributed by atoms with van der Waals surface area (Å²) in [6.45, 7) is 2.17. The van der Waals surface area contributed by atoms with Gasteiger partial charge >= 0.3 is 0 Å². The maximum atomic E-state index is 9.34. The van der Waals surface area contributed by atoms with Crippen molar-refractivity contribution in [2.45, 2.75) is 19.3 Å². The molecule has 2 unspecified atom stereocenters. The van der Waals surface area contributed by atoms with E-state index >= 15 is 0 Å². The molecule has 5 nitrogen and oxygen atoms in total. The summed E-state index contributed by atoms with van der Waals surface area (Å²) >= 11 is 0. The van der Waals surface area contributed by atoms with Gasteiger partial charge in [0.25, 0.3) is 5.89 Å². The second-order valence-corrected chi connectivity index (χ2v) is 4.55. The number of nitrogens with two attached hydrogens (primary N) is 1. The largest absolute Gasteiger partial charge is 0.506 e. The predicted molar refractivity (Wildman–Crippen MR) is 62.3 cm³/mol. The molecule has 1 fully saturated rings. The molecule has 0 amide bonds. The fourth-order valence-corrected chi connectivity index (χ4v) is 1.87. The maximum Gasteiger partial charge on any atom is 0.258 e. The molecule has 3 rings (SSSR count). The first-order valence-corrected chi connectivity index (χ1v) is 5.57. The van der Waals surface area contributed by atoms with Crippen molar-refractivity contribution >= 4 is 5.69 Å². The Hall–Kier alpha value is -2.04. The first kappa shape index (κ1) is 10.1. The van der Waals surface area contributed by atoms with Gasteiger partial charge in [0.15, 0.2) is 5.82 Å². The van der Waals surface area contributed by atoms with Crippen LogP contribution in [0.5, 0.6) is 5.75 Å². The van der Waals surface area contributed by atoms with Gasteiger partial charge in [0.05, 0.1) is 5.69 Å². The van der Waals surface area contributed by atoms with Gasteiger partial charge in [0, 0.05) is 11.5 Å². The number of hydrogen-bond donors (Lipinski definition) is 2. The summed E-state index contributed by atoms with van der Waals surface area (Å²) < 4.78 is 5.20. The van der Waals surface area contributed by atoms with Gasteiger partial charge in [-0.25, -0.2) is 0 Å². The zero-order valence-corrected chi connectivity index (χ0v) is 9.42. The topological polar surface area (TPSA) is 85.2 Å². The zero-order chi connectivity index (χ0) is 12.0. The molecule has 0 aliphatic heterocycles. The van der Waals surface area contributed by atoms with Crippen molar-refractivity contribution in [3.8, 4) is 17.2 Å². The molecule has 1 aromatic heterocycles. The molecule has 0 spiro atoms. The van der Waals surface area contributed by atoms with Crippen LogP contribution < -0.4 is 5.73 Å². The summed E-state index contributed by atoms with van der Waals surface area (Å²) in [5.74, 6) is 2.35. The molecule has 1 aromatic carbocycles. The number of aromatic nitrogens is 2. The van der Waals surface area contributed by atoms with E-state index in [1.54, 1.807) is 12.1 Å². The number of anilines is 1. The Kier molecular flexibility index (Phi) is 2.07. The van der Waals surface area contributed by atoms with Gasteiger partial charge in [0.1, 0.15) is 5.75 Å². The molecule has 0 radical (unpaired) electrons. The van der Waals surface area contributed by atoms with Crippen LogP contribution in [0.2, 0.25) is 0 Å². The average Bonchev–Trinajstić information content (AvgIpc) is 2.86. The molecule has 17 heavy (non-hydrogen) atoms. The summed E-state index contributed by atoms with van der Waals surface area (Å²) in [4.78, 5) is 4.35. The van der Waals surface area contributed by atoms with Crippen molar-refractivity contribution in [2.24, 2.45) is 5.92 Å². The monoisotopic (exact) mass is 231 g/mol. The van der Waals surface area contributed by atoms with Gasteiger partial charge in [-0.1, -0.05) is 12.1 Å². The minimum atomic E-state index is 0.0595. The van der Waals surface area contributed by atoms with E-state index in [9.17, 15) is 5.11 Å². The molecule has 88 valence electrons. The van der Waals surface area contributed by atoms with Crippen LogP contribution >= 0.6 is 0 Å². The van der Waals surface area contributed by atoms with Gasteiger partial charge in [-0.3, -0.25) is 0 Å². The van der Waals surface area contributed by atoms with E-state index in [1.165, 1.54) is 6.07 Å². The van der Waals surface area contributed by atoms with E-state index < -0.39 is 0 Å². The van der Waals surface area contributed by atoms with Gasteiger partial charge in [0.2, 0.25) is 0 Å². The van der Waals surface area contributed by atoms with Gasteiger partial charge in [-0.15, -0.1) is 0 Å². The van der Waals surface area contributed by atoms with Gasteiger partial charge in [-0.05, 0) is 30.5 Å². The molecule has 2 atom stereocenters. The Labute approximate surface area is 98.3 Å². The van der Waals surface area contributed by atoms with E-state index in [0.29, 0.717) is 23.4 Å². The lowest BCUT2D eigenvalue weighted by Crippen LogP contribution is -1.87. The van der Waals surface area contributed by atoms with Crippen LogP contribution in [0.4, 0.5) is 5.69 Å². The van der Waals surface area contributed by atoms with E-state index in [-0.39, 0.29) is 5.75 Å². The number of nitrogen functional groups attached to an aromatic ring is 1. The first-order valence-electron chi connectivity index (χ1n) is 5.57. The number of nitrogens with zero attached hydrogens (tertiary/aromatic N) is 2. The van der Waals surface area contributed by atoms with Crippen LogP contribution in [0, 0.1) is 5.92 Å². The van der Waals surface area contributed by atoms with Crippen LogP contribution in [0.1, 0.15) is 25.1 Å². The molecular formula is C12H13N3O2. The van der Waals surface area contributed by atoms with E-state index in [1.807, 2.05) is 0 Å². The Bertz CT molecular complexity index is 565. The molecular weight excluding hydrogens is 218 g/mol. The molecule has 0 bridgehead atoms. The van der Waals surface area contributed by atoms with Crippen molar-refractivity contribution in [3.05, 3.63) is 24.0 Å². The molecule has 1 saturated carbocycles. The Morgan fingerprint density at radius 1 is 1.47 bits per heavy atom. The molecule has 5 heteroatoms. The molecule has 1 aliphatic carbocycles. The number of benzene rings is 1. The van der Waals surface area contributed by atoms with Crippen molar-refractivity contribution in [1.82, 2.24) is 10.1 Å². The second-order valence-electron chi connectivity index (χ2n) is 4.55. The summed E-state index contributed by atoms with van der Waals surface area (Å²) in [5.41, 5.74) is 6.66. The van der Waals surface area contributed by atoms with Crippen molar-refractivity contribution in [1.29, 1.82) is 0 Å². The third-order valence-electron chi connectivity index (χ3n) is 3.16. The average molecular weight is 231 g/mol. The van der Waals surface area contributed by atoms with Crippen molar-refractivity contribution in [2.75, 3.05) is 5.73 Å². The number of hydrogen-bond acceptors (Lipinski definition) is 5. The maximum absolute atomic E-state index is 9.34. The van der Waals surface area contributed by atoms with Crippen LogP contribution in [0.3, 0.4) is 0 Å². The van der Waals surface area contributed by atoms with Crippen LogP contribution in [0.25, 0.3) is 11.5 Å². The lowest BCUT2D eigenvalue weighted by molar-refractivity contribution is 0.422. The summed E-state index contributed by atoms with van der Waals surface area (Å²) in [7, 11) is 0. The number of aromatic hydroxyl groups is 1. The first-order chi connectivity index (χ1) is 8.15.